The Morgan fingerprint density at radius 3 is 2.50 bits per heavy atom. The zero-order valence-electron chi connectivity index (χ0n) is 16.7. The van der Waals surface area contributed by atoms with Crippen molar-refractivity contribution in [2.24, 2.45) is 0 Å². The number of nitrogens with zero attached hydrogens (tertiary/aromatic N) is 2. The van der Waals surface area contributed by atoms with E-state index in [1.165, 1.54) is 6.92 Å². The maximum atomic E-state index is 11.6. The molecule has 1 heterocycles. The van der Waals surface area contributed by atoms with Gasteiger partial charge in [0.25, 0.3) is 0 Å². The third-order valence-electron chi connectivity index (χ3n) is 4.88. The van der Waals surface area contributed by atoms with Crippen molar-refractivity contribution in [1.29, 1.82) is 5.26 Å². The van der Waals surface area contributed by atoms with Gasteiger partial charge >= 0.3 is 0 Å². The number of hydrogen-bond donors (Lipinski definition) is 2. The number of nitriles is 1. The second-order valence-corrected chi connectivity index (χ2v) is 7.10. The van der Waals surface area contributed by atoms with Crippen LogP contribution in [0.3, 0.4) is 0 Å². The van der Waals surface area contributed by atoms with Crippen LogP contribution >= 0.6 is 0 Å². The van der Waals surface area contributed by atoms with Crippen LogP contribution in [0.1, 0.15) is 18.1 Å². The zero-order valence-corrected chi connectivity index (χ0v) is 16.7. The molecule has 0 radical (unpaired) electrons. The third-order valence-corrected chi connectivity index (χ3v) is 4.88. The molecular formula is C25H20N4O. The first-order valence-corrected chi connectivity index (χ1v) is 9.58. The van der Waals surface area contributed by atoms with Gasteiger partial charge in [-0.3, -0.25) is 9.78 Å². The number of carbonyl (C=O) groups is 1. The van der Waals surface area contributed by atoms with Gasteiger partial charge < -0.3 is 10.6 Å². The Morgan fingerprint density at radius 2 is 1.77 bits per heavy atom. The standard InChI is InChI=1S/C25H20N4O/c1-16-11-24-22(13-23(16)28-17(2)30)25(20(14-26)15-27-24)29-21-10-6-9-19(12-21)18-7-4-3-5-8-18/h3-13,15H,1-2H3,(H,27,29)(H,28,30). The smallest absolute Gasteiger partial charge is 0.221 e. The molecule has 0 aliphatic heterocycles. The number of amides is 1. The minimum absolute atomic E-state index is 0.146. The Balaban J connectivity index is 1.82. The van der Waals surface area contributed by atoms with Gasteiger partial charge in [-0.05, 0) is 47.9 Å². The van der Waals surface area contributed by atoms with Crippen molar-refractivity contribution in [3.8, 4) is 17.2 Å². The minimum Gasteiger partial charge on any atom is -0.354 e. The lowest BCUT2D eigenvalue weighted by molar-refractivity contribution is -0.114. The molecule has 4 rings (SSSR count). The molecule has 146 valence electrons. The highest BCUT2D eigenvalue weighted by molar-refractivity contribution is 6.00. The molecular weight excluding hydrogens is 372 g/mol. The lowest BCUT2D eigenvalue weighted by Crippen LogP contribution is -2.07. The molecule has 30 heavy (non-hydrogen) atoms. The van der Waals surface area contributed by atoms with E-state index in [9.17, 15) is 10.1 Å². The average Bonchev–Trinajstić information content (AvgIpc) is 2.75. The number of pyridine rings is 1. The largest absolute Gasteiger partial charge is 0.354 e. The molecule has 2 N–H and O–H groups in total. The average molecular weight is 392 g/mol. The first-order valence-electron chi connectivity index (χ1n) is 9.58. The van der Waals surface area contributed by atoms with Gasteiger partial charge in [0.1, 0.15) is 6.07 Å². The first-order chi connectivity index (χ1) is 14.5. The molecule has 0 bridgehead atoms. The van der Waals surface area contributed by atoms with E-state index in [1.807, 2.05) is 55.5 Å². The van der Waals surface area contributed by atoms with Crippen molar-refractivity contribution < 1.29 is 4.79 Å². The fraction of sp³-hybridized carbons (Fsp3) is 0.0800. The van der Waals surface area contributed by atoms with Crippen molar-refractivity contribution in [1.82, 2.24) is 4.98 Å². The SMILES string of the molecule is CC(=O)Nc1cc2c(Nc3cccc(-c4ccccc4)c3)c(C#N)cnc2cc1C. The number of nitrogens with one attached hydrogen (secondary N) is 2. The van der Waals surface area contributed by atoms with E-state index in [2.05, 4.69) is 39.9 Å². The molecule has 0 aliphatic rings. The van der Waals surface area contributed by atoms with Crippen molar-refractivity contribution in [2.45, 2.75) is 13.8 Å². The molecule has 0 saturated carbocycles. The summed E-state index contributed by atoms with van der Waals surface area (Å²) in [4.78, 5) is 16.0. The number of anilines is 3. The van der Waals surface area contributed by atoms with Gasteiger partial charge in [0.05, 0.1) is 16.8 Å². The van der Waals surface area contributed by atoms with Crippen LogP contribution in [0.2, 0.25) is 0 Å². The summed E-state index contributed by atoms with van der Waals surface area (Å²) in [7, 11) is 0. The predicted octanol–water partition coefficient (Wildman–Crippen LogP) is 5.78. The van der Waals surface area contributed by atoms with Crippen molar-refractivity contribution in [3.05, 3.63) is 84.1 Å². The Hall–Kier alpha value is -4.17. The summed E-state index contributed by atoms with van der Waals surface area (Å²) >= 11 is 0. The molecule has 0 saturated heterocycles. The summed E-state index contributed by atoms with van der Waals surface area (Å²) in [5, 5.41) is 16.7. The van der Waals surface area contributed by atoms with Gasteiger partial charge in [-0.25, -0.2) is 0 Å². The van der Waals surface area contributed by atoms with Crippen molar-refractivity contribution in [2.75, 3.05) is 10.6 Å². The van der Waals surface area contributed by atoms with Crippen LogP contribution < -0.4 is 10.6 Å². The maximum absolute atomic E-state index is 11.6. The van der Waals surface area contributed by atoms with Gasteiger partial charge in [-0.15, -0.1) is 0 Å². The van der Waals surface area contributed by atoms with Crippen LogP contribution in [0.25, 0.3) is 22.0 Å². The summed E-state index contributed by atoms with van der Waals surface area (Å²) in [5.41, 5.74) is 6.52. The topological polar surface area (TPSA) is 77.8 Å². The third kappa shape index (κ3) is 3.85. The van der Waals surface area contributed by atoms with Crippen molar-refractivity contribution in [3.63, 3.8) is 0 Å². The van der Waals surface area contributed by atoms with E-state index in [1.54, 1.807) is 6.20 Å². The predicted molar refractivity (Wildman–Crippen MR) is 121 cm³/mol. The maximum Gasteiger partial charge on any atom is 0.221 e. The minimum atomic E-state index is -0.146. The fourth-order valence-corrected chi connectivity index (χ4v) is 3.44. The second-order valence-electron chi connectivity index (χ2n) is 7.10. The van der Waals surface area contributed by atoms with Gasteiger partial charge in [0, 0.05) is 29.9 Å². The molecule has 0 spiro atoms. The molecule has 0 aliphatic carbocycles. The van der Waals surface area contributed by atoms with Gasteiger partial charge in [-0.2, -0.15) is 5.26 Å². The Kier molecular flexibility index (Phi) is 5.15. The van der Waals surface area contributed by atoms with E-state index in [-0.39, 0.29) is 5.91 Å². The number of aromatic nitrogens is 1. The summed E-state index contributed by atoms with van der Waals surface area (Å²) in [6.07, 6.45) is 1.57. The molecule has 5 nitrogen and oxygen atoms in total. The van der Waals surface area contributed by atoms with E-state index in [0.29, 0.717) is 16.9 Å². The molecule has 1 aromatic heterocycles. The van der Waals surface area contributed by atoms with E-state index < -0.39 is 0 Å². The molecule has 5 heteroatoms. The number of hydrogen-bond acceptors (Lipinski definition) is 4. The van der Waals surface area contributed by atoms with Crippen LogP contribution in [0.4, 0.5) is 17.1 Å². The Morgan fingerprint density at radius 1 is 1.00 bits per heavy atom. The highest BCUT2D eigenvalue weighted by Crippen LogP contribution is 2.33. The van der Waals surface area contributed by atoms with Crippen LogP contribution in [-0.4, -0.2) is 10.9 Å². The lowest BCUT2D eigenvalue weighted by atomic mass is 10.0. The van der Waals surface area contributed by atoms with Gasteiger partial charge in [0.15, 0.2) is 0 Å². The van der Waals surface area contributed by atoms with Gasteiger partial charge in [0.2, 0.25) is 5.91 Å². The highest BCUT2D eigenvalue weighted by Gasteiger charge is 2.13. The Labute approximate surface area is 175 Å². The highest BCUT2D eigenvalue weighted by atomic mass is 16.1. The number of carbonyl (C=O) groups excluding carboxylic acids is 1. The lowest BCUT2D eigenvalue weighted by Gasteiger charge is -2.15. The monoisotopic (exact) mass is 392 g/mol. The summed E-state index contributed by atoms with van der Waals surface area (Å²) in [5.74, 6) is -0.146. The number of aryl methyl sites for hydroxylation is 1. The van der Waals surface area contributed by atoms with Gasteiger partial charge in [-0.1, -0.05) is 42.5 Å². The number of benzene rings is 3. The number of rotatable bonds is 4. The molecule has 0 fully saturated rings. The summed E-state index contributed by atoms with van der Waals surface area (Å²) < 4.78 is 0. The summed E-state index contributed by atoms with van der Waals surface area (Å²) in [6.45, 7) is 3.39. The van der Waals surface area contributed by atoms with E-state index >= 15 is 0 Å². The van der Waals surface area contributed by atoms with Crippen molar-refractivity contribution >= 4 is 33.9 Å². The quantitative estimate of drug-likeness (QED) is 0.461. The van der Waals surface area contributed by atoms with Crippen LogP contribution in [0, 0.1) is 18.3 Å². The number of fused-ring (bicyclic) bond motifs is 1. The summed E-state index contributed by atoms with van der Waals surface area (Å²) in [6, 6.07) is 24.1. The molecule has 4 aromatic rings. The Bertz CT molecular complexity index is 1290. The molecule has 3 aromatic carbocycles. The van der Waals surface area contributed by atoms with E-state index in [0.717, 1.165) is 33.3 Å². The molecule has 1 amide bonds. The van der Waals surface area contributed by atoms with E-state index in [4.69, 9.17) is 0 Å². The molecule has 0 unspecified atom stereocenters. The van der Waals surface area contributed by atoms with Crippen LogP contribution in [-0.2, 0) is 4.79 Å². The van der Waals surface area contributed by atoms with Crippen LogP contribution in [0.15, 0.2) is 72.9 Å². The normalized spacial score (nSPS) is 10.4. The second kappa shape index (κ2) is 8.06. The fourth-order valence-electron chi connectivity index (χ4n) is 3.44. The van der Waals surface area contributed by atoms with Crippen LogP contribution in [0.5, 0.6) is 0 Å². The molecule has 0 atom stereocenters. The first kappa shape index (κ1) is 19.2. The zero-order chi connectivity index (χ0) is 21.1.